The fourth-order valence-electron chi connectivity index (χ4n) is 1.97. The van der Waals surface area contributed by atoms with Crippen LogP contribution >= 0.6 is 11.8 Å². The number of aromatic nitrogens is 2. The Morgan fingerprint density at radius 1 is 1.00 bits per heavy atom. The molecule has 0 atom stereocenters. The number of hydrogen-bond acceptors (Lipinski definition) is 5. The summed E-state index contributed by atoms with van der Waals surface area (Å²) in [6, 6.07) is 19.7. The maximum atomic E-state index is 11.9. The van der Waals surface area contributed by atoms with E-state index in [1.807, 2.05) is 60.7 Å². The summed E-state index contributed by atoms with van der Waals surface area (Å²) < 4.78 is 5.45. The smallest absolute Gasteiger partial charge is 0.322 e. The van der Waals surface area contributed by atoms with E-state index in [0.717, 1.165) is 10.5 Å². The zero-order valence-corrected chi connectivity index (χ0v) is 13.1. The predicted molar refractivity (Wildman–Crippen MR) is 89.3 cm³/mol. The molecular weight excluding hydrogens is 310 g/mol. The van der Waals surface area contributed by atoms with E-state index >= 15 is 0 Å². The lowest BCUT2D eigenvalue weighted by Crippen LogP contribution is -2.14. The molecule has 0 saturated heterocycles. The third-order valence-electron chi connectivity index (χ3n) is 3.02. The molecule has 5 nitrogen and oxygen atoms in total. The Bertz CT molecular complexity index is 760. The van der Waals surface area contributed by atoms with Crippen LogP contribution in [0.5, 0.6) is 0 Å². The maximum Gasteiger partial charge on any atom is 0.322 e. The average Bonchev–Trinajstić information content (AvgIpc) is 3.02. The summed E-state index contributed by atoms with van der Waals surface area (Å²) in [6.07, 6.45) is 0.544. The van der Waals surface area contributed by atoms with Crippen molar-refractivity contribution in [2.45, 2.75) is 11.3 Å². The molecular formula is C17H15N3O2S. The summed E-state index contributed by atoms with van der Waals surface area (Å²) >= 11 is 1.46. The van der Waals surface area contributed by atoms with Crippen molar-refractivity contribution in [3.05, 3.63) is 72.1 Å². The van der Waals surface area contributed by atoms with Gasteiger partial charge in [0, 0.05) is 4.90 Å². The molecule has 2 aromatic carbocycles. The molecule has 0 fully saturated rings. The lowest BCUT2D eigenvalue weighted by Gasteiger charge is -2.01. The number of nitrogens with zero attached hydrogens (tertiary/aromatic N) is 2. The van der Waals surface area contributed by atoms with Gasteiger partial charge in [0.2, 0.25) is 11.8 Å². The normalized spacial score (nSPS) is 10.4. The monoisotopic (exact) mass is 325 g/mol. The first-order chi connectivity index (χ1) is 11.3. The first-order valence-corrected chi connectivity index (χ1v) is 8.12. The summed E-state index contributed by atoms with van der Waals surface area (Å²) in [5, 5.41) is 10.4. The van der Waals surface area contributed by atoms with Gasteiger partial charge in [0.05, 0.1) is 12.2 Å². The third-order valence-corrected chi connectivity index (χ3v) is 4.04. The lowest BCUT2D eigenvalue weighted by atomic mass is 10.2. The quantitative estimate of drug-likeness (QED) is 0.704. The molecule has 1 aromatic heterocycles. The number of anilines is 1. The van der Waals surface area contributed by atoms with Crippen molar-refractivity contribution in [1.82, 2.24) is 10.2 Å². The number of amides is 1. The maximum absolute atomic E-state index is 11.9. The van der Waals surface area contributed by atoms with Crippen molar-refractivity contribution >= 4 is 23.7 Å². The number of rotatable bonds is 6. The molecule has 3 rings (SSSR count). The van der Waals surface area contributed by atoms with E-state index in [-0.39, 0.29) is 11.9 Å². The van der Waals surface area contributed by atoms with Crippen molar-refractivity contribution in [3.63, 3.8) is 0 Å². The van der Waals surface area contributed by atoms with Crippen LogP contribution < -0.4 is 5.32 Å². The molecule has 1 amide bonds. The number of carbonyl (C=O) groups is 1. The Morgan fingerprint density at radius 2 is 1.70 bits per heavy atom. The molecule has 6 heteroatoms. The highest BCUT2D eigenvalue weighted by Gasteiger charge is 2.10. The summed E-state index contributed by atoms with van der Waals surface area (Å²) in [4.78, 5) is 12.9. The minimum absolute atomic E-state index is 0.134. The van der Waals surface area contributed by atoms with E-state index < -0.39 is 0 Å². The van der Waals surface area contributed by atoms with E-state index in [9.17, 15) is 4.79 Å². The van der Waals surface area contributed by atoms with Crippen molar-refractivity contribution in [2.75, 3.05) is 11.1 Å². The lowest BCUT2D eigenvalue weighted by molar-refractivity contribution is -0.113. The molecule has 1 heterocycles. The standard InChI is InChI=1S/C17H15N3O2S/c21-15(12-23-14-9-5-2-6-10-14)18-17-20-19-16(22-17)11-13-7-3-1-4-8-13/h1-10H,11-12H2,(H,18,20,21). The number of nitrogens with one attached hydrogen (secondary N) is 1. The molecule has 0 bridgehead atoms. The number of carbonyl (C=O) groups excluding carboxylic acids is 1. The minimum Gasteiger partial charge on any atom is -0.407 e. The van der Waals surface area contributed by atoms with Gasteiger partial charge in [-0.15, -0.1) is 16.9 Å². The van der Waals surface area contributed by atoms with E-state index in [2.05, 4.69) is 15.5 Å². The Kier molecular flexibility index (Phi) is 5.06. The van der Waals surface area contributed by atoms with Crippen LogP contribution in [0.25, 0.3) is 0 Å². The van der Waals surface area contributed by atoms with Gasteiger partial charge in [-0.2, -0.15) is 0 Å². The van der Waals surface area contributed by atoms with E-state index in [0.29, 0.717) is 18.1 Å². The van der Waals surface area contributed by atoms with E-state index in [4.69, 9.17) is 4.42 Å². The second kappa shape index (κ2) is 7.60. The zero-order chi connectivity index (χ0) is 15.9. The van der Waals surface area contributed by atoms with Gasteiger partial charge in [-0.1, -0.05) is 53.6 Å². The van der Waals surface area contributed by atoms with Crippen LogP contribution in [0.15, 0.2) is 70.0 Å². The highest BCUT2D eigenvalue weighted by Crippen LogP contribution is 2.17. The third kappa shape index (κ3) is 4.69. The fourth-order valence-corrected chi connectivity index (χ4v) is 2.69. The number of benzene rings is 2. The first kappa shape index (κ1) is 15.3. The molecule has 116 valence electrons. The van der Waals surface area contributed by atoms with E-state index in [1.54, 1.807) is 0 Å². The van der Waals surface area contributed by atoms with Crippen LogP contribution in [-0.2, 0) is 11.2 Å². The van der Waals surface area contributed by atoms with Crippen molar-refractivity contribution in [3.8, 4) is 0 Å². The molecule has 0 aliphatic heterocycles. The highest BCUT2D eigenvalue weighted by atomic mass is 32.2. The Balaban J connectivity index is 1.51. The molecule has 0 aliphatic carbocycles. The van der Waals surface area contributed by atoms with Crippen LogP contribution in [0.3, 0.4) is 0 Å². The fraction of sp³-hybridized carbons (Fsp3) is 0.118. The van der Waals surface area contributed by atoms with Gasteiger partial charge in [-0.25, -0.2) is 0 Å². The van der Waals surface area contributed by atoms with Crippen LogP contribution in [-0.4, -0.2) is 21.9 Å². The van der Waals surface area contributed by atoms with Crippen LogP contribution in [0.2, 0.25) is 0 Å². The van der Waals surface area contributed by atoms with Crippen molar-refractivity contribution < 1.29 is 9.21 Å². The molecule has 0 spiro atoms. The van der Waals surface area contributed by atoms with Crippen molar-refractivity contribution in [2.24, 2.45) is 0 Å². The molecule has 0 saturated carbocycles. The second-order valence-corrected chi connectivity index (χ2v) is 5.86. The van der Waals surface area contributed by atoms with Gasteiger partial charge in [0.1, 0.15) is 0 Å². The van der Waals surface area contributed by atoms with E-state index in [1.165, 1.54) is 11.8 Å². The van der Waals surface area contributed by atoms with Crippen molar-refractivity contribution in [1.29, 1.82) is 0 Å². The number of hydrogen-bond donors (Lipinski definition) is 1. The summed E-state index contributed by atoms with van der Waals surface area (Å²) in [6.45, 7) is 0. The number of thioether (sulfide) groups is 1. The Hall–Kier alpha value is -2.60. The predicted octanol–water partition coefficient (Wildman–Crippen LogP) is 3.39. The Morgan fingerprint density at radius 3 is 2.43 bits per heavy atom. The van der Waals surface area contributed by atoms with Gasteiger partial charge in [-0.3, -0.25) is 10.1 Å². The largest absolute Gasteiger partial charge is 0.407 e. The van der Waals surface area contributed by atoms with Gasteiger partial charge >= 0.3 is 6.01 Å². The highest BCUT2D eigenvalue weighted by molar-refractivity contribution is 8.00. The molecule has 3 aromatic rings. The van der Waals surface area contributed by atoms with Crippen LogP contribution in [0, 0.1) is 0 Å². The summed E-state index contributed by atoms with van der Waals surface area (Å²) in [7, 11) is 0. The van der Waals surface area contributed by atoms with Crippen LogP contribution in [0.1, 0.15) is 11.5 Å². The molecule has 0 aliphatic rings. The average molecular weight is 325 g/mol. The van der Waals surface area contributed by atoms with Gasteiger partial charge in [0.15, 0.2) is 0 Å². The second-order valence-electron chi connectivity index (χ2n) is 4.81. The molecule has 0 radical (unpaired) electrons. The zero-order valence-electron chi connectivity index (χ0n) is 12.3. The minimum atomic E-state index is -0.172. The summed E-state index contributed by atoms with van der Waals surface area (Å²) in [5.74, 6) is 0.594. The van der Waals surface area contributed by atoms with Gasteiger partial charge in [-0.05, 0) is 17.7 Å². The van der Waals surface area contributed by atoms with Gasteiger partial charge < -0.3 is 4.42 Å². The molecule has 0 unspecified atom stereocenters. The Labute approximate surface area is 138 Å². The van der Waals surface area contributed by atoms with Gasteiger partial charge in [0.25, 0.3) is 0 Å². The van der Waals surface area contributed by atoms with Crippen LogP contribution in [0.4, 0.5) is 6.01 Å². The molecule has 1 N–H and O–H groups in total. The SMILES string of the molecule is O=C(CSc1ccccc1)Nc1nnc(Cc2ccccc2)o1. The molecule has 23 heavy (non-hydrogen) atoms. The summed E-state index contributed by atoms with van der Waals surface area (Å²) in [5.41, 5.74) is 1.08. The topological polar surface area (TPSA) is 68.0 Å². The first-order valence-electron chi connectivity index (χ1n) is 7.13.